The van der Waals surface area contributed by atoms with Gasteiger partial charge in [-0.05, 0) is 33.2 Å². The van der Waals surface area contributed by atoms with E-state index in [2.05, 4.69) is 17.2 Å². The lowest BCUT2D eigenvalue weighted by atomic mass is 10.2. The summed E-state index contributed by atoms with van der Waals surface area (Å²) < 4.78 is 0. The minimum atomic E-state index is 0.563. The minimum Gasteiger partial charge on any atom is -0.317 e. The van der Waals surface area contributed by atoms with Gasteiger partial charge in [-0.1, -0.05) is 0 Å². The largest absolute Gasteiger partial charge is 0.317 e. The van der Waals surface area contributed by atoms with Crippen LogP contribution in [0.2, 0.25) is 0 Å². The molecule has 1 fully saturated rings. The van der Waals surface area contributed by atoms with Gasteiger partial charge < -0.3 is 5.32 Å². The number of nitrogens with one attached hydrogen (secondary N) is 1. The Morgan fingerprint density at radius 3 is 3.08 bits per heavy atom. The Morgan fingerprint density at radius 1 is 1.69 bits per heavy atom. The smallest absolute Gasteiger partial charge is 0.0958 e. The lowest BCUT2D eigenvalue weighted by molar-refractivity contribution is 0.612. The maximum absolute atomic E-state index is 4.46. The van der Waals surface area contributed by atoms with Gasteiger partial charge in [-0.3, -0.25) is 0 Å². The van der Waals surface area contributed by atoms with E-state index in [1.54, 1.807) is 0 Å². The first-order valence-electron chi connectivity index (χ1n) is 4.91. The van der Waals surface area contributed by atoms with E-state index in [0.717, 1.165) is 12.3 Å². The normalized spacial score (nSPS) is 18.9. The molecule has 0 aromatic carbocycles. The molecule has 0 radical (unpaired) electrons. The van der Waals surface area contributed by atoms with Crippen LogP contribution in [-0.4, -0.2) is 18.1 Å². The van der Waals surface area contributed by atoms with Crippen molar-refractivity contribution in [2.75, 3.05) is 7.05 Å². The van der Waals surface area contributed by atoms with Crippen LogP contribution in [0.15, 0.2) is 6.20 Å². The molecule has 1 aliphatic rings. The van der Waals surface area contributed by atoms with Crippen LogP contribution in [0.4, 0.5) is 0 Å². The molecule has 1 aromatic heterocycles. The van der Waals surface area contributed by atoms with Crippen LogP contribution in [0.3, 0.4) is 0 Å². The van der Waals surface area contributed by atoms with Crippen molar-refractivity contribution in [1.29, 1.82) is 0 Å². The van der Waals surface area contributed by atoms with Crippen molar-refractivity contribution >= 4 is 11.3 Å². The second-order valence-electron chi connectivity index (χ2n) is 3.83. The highest BCUT2D eigenvalue weighted by Crippen LogP contribution is 2.41. The maximum Gasteiger partial charge on any atom is 0.0958 e. The van der Waals surface area contributed by atoms with E-state index in [9.17, 15) is 0 Å². The molecule has 0 aliphatic heterocycles. The molecule has 13 heavy (non-hydrogen) atoms. The SMILES string of the molecule is CNC(C)Cc1cnc(C2CC2)s1. The van der Waals surface area contributed by atoms with Crippen molar-refractivity contribution in [2.24, 2.45) is 0 Å². The molecular formula is C10H16N2S. The molecule has 1 heterocycles. The molecule has 0 bridgehead atoms. The molecule has 0 saturated heterocycles. The third-order valence-electron chi connectivity index (χ3n) is 2.50. The molecule has 1 aromatic rings. The Kier molecular flexibility index (Phi) is 2.65. The summed E-state index contributed by atoms with van der Waals surface area (Å²) >= 11 is 1.90. The quantitative estimate of drug-likeness (QED) is 0.798. The van der Waals surface area contributed by atoms with E-state index in [-0.39, 0.29) is 0 Å². The number of rotatable bonds is 4. The van der Waals surface area contributed by atoms with Crippen molar-refractivity contribution in [3.63, 3.8) is 0 Å². The Balaban J connectivity index is 1.96. The van der Waals surface area contributed by atoms with Crippen molar-refractivity contribution in [1.82, 2.24) is 10.3 Å². The molecule has 0 spiro atoms. The summed E-state index contributed by atoms with van der Waals surface area (Å²) in [7, 11) is 2.01. The third-order valence-corrected chi connectivity index (χ3v) is 3.68. The zero-order valence-electron chi connectivity index (χ0n) is 8.21. The van der Waals surface area contributed by atoms with E-state index in [1.165, 1.54) is 22.7 Å². The first-order chi connectivity index (χ1) is 6.29. The number of nitrogens with zero attached hydrogens (tertiary/aromatic N) is 1. The van der Waals surface area contributed by atoms with Crippen LogP contribution in [0.25, 0.3) is 0 Å². The summed E-state index contributed by atoms with van der Waals surface area (Å²) in [4.78, 5) is 5.88. The van der Waals surface area contributed by atoms with Gasteiger partial charge in [0.05, 0.1) is 5.01 Å². The van der Waals surface area contributed by atoms with Gasteiger partial charge in [0, 0.05) is 23.0 Å². The Labute approximate surface area is 83.4 Å². The molecule has 1 saturated carbocycles. The van der Waals surface area contributed by atoms with Crippen molar-refractivity contribution in [3.8, 4) is 0 Å². The van der Waals surface area contributed by atoms with Crippen molar-refractivity contribution in [2.45, 2.75) is 38.1 Å². The minimum absolute atomic E-state index is 0.563. The third kappa shape index (κ3) is 2.29. The highest BCUT2D eigenvalue weighted by Gasteiger charge is 2.26. The summed E-state index contributed by atoms with van der Waals surface area (Å²) in [5.41, 5.74) is 0. The number of thiazole rings is 1. The zero-order valence-corrected chi connectivity index (χ0v) is 9.03. The van der Waals surface area contributed by atoms with Crippen LogP contribution < -0.4 is 5.32 Å². The summed E-state index contributed by atoms with van der Waals surface area (Å²) in [5, 5.41) is 4.61. The fourth-order valence-electron chi connectivity index (χ4n) is 1.34. The topological polar surface area (TPSA) is 24.9 Å². The predicted molar refractivity (Wildman–Crippen MR) is 56.3 cm³/mol. The van der Waals surface area contributed by atoms with Crippen LogP contribution >= 0.6 is 11.3 Å². The number of hydrogen-bond acceptors (Lipinski definition) is 3. The van der Waals surface area contributed by atoms with Gasteiger partial charge in [-0.2, -0.15) is 0 Å². The lowest BCUT2D eigenvalue weighted by Gasteiger charge is -2.06. The highest BCUT2D eigenvalue weighted by atomic mass is 32.1. The highest BCUT2D eigenvalue weighted by molar-refractivity contribution is 7.11. The van der Waals surface area contributed by atoms with Gasteiger partial charge in [0.15, 0.2) is 0 Å². The summed E-state index contributed by atoms with van der Waals surface area (Å²) in [5.74, 6) is 0.809. The fourth-order valence-corrected chi connectivity index (χ4v) is 2.56. The molecule has 1 unspecified atom stereocenters. The Bertz CT molecular complexity index is 278. The molecule has 1 N–H and O–H groups in total. The van der Waals surface area contributed by atoms with Gasteiger partial charge in [0.1, 0.15) is 0 Å². The van der Waals surface area contributed by atoms with Gasteiger partial charge in [0.25, 0.3) is 0 Å². The second kappa shape index (κ2) is 3.76. The lowest BCUT2D eigenvalue weighted by Crippen LogP contribution is -2.22. The van der Waals surface area contributed by atoms with E-state index in [0.29, 0.717) is 6.04 Å². The molecule has 1 aliphatic carbocycles. The van der Waals surface area contributed by atoms with E-state index < -0.39 is 0 Å². The van der Waals surface area contributed by atoms with Crippen LogP contribution in [0.1, 0.15) is 35.6 Å². The van der Waals surface area contributed by atoms with Crippen LogP contribution in [-0.2, 0) is 6.42 Å². The summed E-state index contributed by atoms with van der Waals surface area (Å²) in [6.07, 6.45) is 5.87. The average molecular weight is 196 g/mol. The van der Waals surface area contributed by atoms with Crippen molar-refractivity contribution in [3.05, 3.63) is 16.1 Å². The summed E-state index contributed by atoms with van der Waals surface area (Å²) in [6, 6.07) is 0.563. The average Bonchev–Trinajstić information content (AvgIpc) is 2.88. The molecule has 3 heteroatoms. The molecule has 2 rings (SSSR count). The molecular weight excluding hydrogens is 180 g/mol. The number of likely N-dealkylation sites (N-methyl/N-ethyl adjacent to an activating group) is 1. The summed E-state index contributed by atoms with van der Waals surface area (Å²) in [6.45, 7) is 2.20. The van der Waals surface area contributed by atoms with E-state index in [4.69, 9.17) is 0 Å². The van der Waals surface area contributed by atoms with Gasteiger partial charge >= 0.3 is 0 Å². The molecule has 2 nitrogen and oxygen atoms in total. The molecule has 0 amide bonds. The van der Waals surface area contributed by atoms with Crippen LogP contribution in [0.5, 0.6) is 0 Å². The fraction of sp³-hybridized carbons (Fsp3) is 0.700. The standard InChI is InChI=1S/C10H16N2S/c1-7(11-2)5-9-6-12-10(13-9)8-3-4-8/h6-8,11H,3-5H2,1-2H3. The zero-order chi connectivity index (χ0) is 9.26. The van der Waals surface area contributed by atoms with Crippen molar-refractivity contribution < 1.29 is 0 Å². The molecule has 72 valence electrons. The number of aromatic nitrogens is 1. The Hall–Kier alpha value is -0.410. The van der Waals surface area contributed by atoms with Gasteiger partial charge in [-0.25, -0.2) is 4.98 Å². The van der Waals surface area contributed by atoms with E-state index >= 15 is 0 Å². The van der Waals surface area contributed by atoms with Gasteiger partial charge in [-0.15, -0.1) is 11.3 Å². The second-order valence-corrected chi connectivity index (χ2v) is 4.98. The Morgan fingerprint density at radius 2 is 2.46 bits per heavy atom. The van der Waals surface area contributed by atoms with Gasteiger partial charge in [0.2, 0.25) is 0 Å². The first kappa shape index (κ1) is 9.16. The predicted octanol–water partition coefficient (Wildman–Crippen LogP) is 2.17. The maximum atomic E-state index is 4.46. The monoisotopic (exact) mass is 196 g/mol. The first-order valence-corrected chi connectivity index (χ1v) is 5.73. The van der Waals surface area contributed by atoms with E-state index in [1.807, 2.05) is 24.6 Å². The number of hydrogen-bond donors (Lipinski definition) is 1. The van der Waals surface area contributed by atoms with Crippen LogP contribution in [0, 0.1) is 0 Å². The molecule has 1 atom stereocenters.